The van der Waals surface area contributed by atoms with Gasteiger partial charge in [0.2, 0.25) is 0 Å². The molecule has 3 aromatic rings. The number of thiophene rings is 1. The molecule has 0 fully saturated rings. The smallest absolute Gasteiger partial charge is 0.267 e. The number of methoxy groups -OCH3 is 1. The van der Waals surface area contributed by atoms with Gasteiger partial charge in [0.15, 0.2) is 15.6 Å². The number of hydrogen-bond acceptors (Lipinski definition) is 7. The highest BCUT2D eigenvalue weighted by molar-refractivity contribution is 7.92. The van der Waals surface area contributed by atoms with Crippen molar-refractivity contribution in [2.45, 2.75) is 56.2 Å². The molecule has 1 N–H and O–H groups in total. The first kappa shape index (κ1) is 28.0. The minimum Gasteiger partial charge on any atom is -0.497 e. The molecule has 0 bridgehead atoms. The molecule has 1 aromatic heterocycles. The van der Waals surface area contributed by atoms with Gasteiger partial charge in [-0.05, 0) is 76.1 Å². The summed E-state index contributed by atoms with van der Waals surface area (Å²) in [4.78, 5) is 30.9. The van der Waals surface area contributed by atoms with E-state index in [0.717, 1.165) is 34.6 Å². The molecule has 0 aliphatic carbocycles. The Balaban J connectivity index is 1.49. The first-order valence-corrected chi connectivity index (χ1v) is 14.8. The zero-order chi connectivity index (χ0) is 27.8. The van der Waals surface area contributed by atoms with E-state index in [2.05, 4.69) is 5.32 Å². The number of nitrogens with one attached hydrogen (secondary N) is 1. The molecule has 0 radical (unpaired) electrons. The number of carbonyl (C=O) groups excluding carboxylic acids is 2. The quantitative estimate of drug-likeness (QED) is 0.322. The number of ether oxygens (including phenoxy) is 1. The zero-order valence-electron chi connectivity index (χ0n) is 21.8. The lowest BCUT2D eigenvalue weighted by atomic mass is 9.85. The number of amides is 1. The number of benzene rings is 2. The Morgan fingerprint density at radius 2 is 1.84 bits per heavy atom. The number of nitrogens with zero attached hydrogens (tertiary/aromatic N) is 1. The molecule has 38 heavy (non-hydrogen) atoms. The maximum atomic E-state index is 13.2. The predicted molar refractivity (Wildman–Crippen MR) is 152 cm³/mol. The molecule has 7 nitrogen and oxygen atoms in total. The van der Waals surface area contributed by atoms with Crippen LogP contribution in [0.2, 0.25) is 5.02 Å². The number of carbonyl (C=O) groups is 2. The monoisotopic (exact) mass is 572 g/mol. The van der Waals surface area contributed by atoms with E-state index >= 15 is 0 Å². The molecule has 2 heterocycles. The Bertz CT molecular complexity index is 1540. The van der Waals surface area contributed by atoms with Crippen LogP contribution in [0.5, 0.6) is 5.75 Å². The van der Waals surface area contributed by atoms with Crippen LogP contribution < -0.4 is 10.1 Å². The average molecular weight is 573 g/mol. The van der Waals surface area contributed by atoms with Gasteiger partial charge in [0, 0.05) is 22.2 Å². The fourth-order valence-electron chi connectivity index (χ4n) is 4.28. The standard InChI is InChI=1S/C28H29ClN2O5S2/c1-16(2)38(34,35)24-15-37-26(25(24)29)27(33)30-19-9-6-17(7-10-19)23(32)13-22-21-12-20(36-5)11-8-18(21)14-28(3,4)31-22/h6-12,15-16H,13-14H2,1-5H3,(H,30,33). The Morgan fingerprint density at radius 3 is 2.47 bits per heavy atom. The second-order valence-electron chi connectivity index (χ2n) is 10.0. The number of halogens is 1. The van der Waals surface area contributed by atoms with Crippen molar-refractivity contribution < 1.29 is 22.7 Å². The van der Waals surface area contributed by atoms with Crippen molar-refractivity contribution in [2.24, 2.45) is 4.99 Å². The molecule has 1 amide bonds. The maximum absolute atomic E-state index is 13.2. The van der Waals surface area contributed by atoms with Gasteiger partial charge in [0.1, 0.15) is 10.6 Å². The second-order valence-corrected chi connectivity index (χ2v) is 13.8. The van der Waals surface area contributed by atoms with Crippen molar-refractivity contribution in [2.75, 3.05) is 12.4 Å². The highest BCUT2D eigenvalue weighted by Gasteiger charge is 2.29. The third-order valence-electron chi connectivity index (χ3n) is 6.31. The summed E-state index contributed by atoms with van der Waals surface area (Å²) >= 11 is 7.23. The molecule has 0 atom stereocenters. The van der Waals surface area contributed by atoms with Gasteiger partial charge >= 0.3 is 0 Å². The van der Waals surface area contributed by atoms with Gasteiger partial charge in [-0.1, -0.05) is 17.7 Å². The van der Waals surface area contributed by atoms with Gasteiger partial charge in [-0.25, -0.2) is 8.42 Å². The number of aliphatic imine (C=N–C) groups is 1. The SMILES string of the molecule is COc1ccc2c(c1)C(CC(=O)c1ccc(NC(=O)c3scc(S(=O)(=O)C(C)C)c3Cl)cc1)=NC(C)(C)C2. The Kier molecular flexibility index (Phi) is 7.84. The average Bonchev–Trinajstić information content (AvgIpc) is 3.25. The molecule has 0 saturated carbocycles. The van der Waals surface area contributed by atoms with Gasteiger partial charge in [0.05, 0.1) is 39.9 Å². The normalized spacial score (nSPS) is 14.6. The summed E-state index contributed by atoms with van der Waals surface area (Å²) in [5, 5.41) is 3.37. The van der Waals surface area contributed by atoms with Crippen molar-refractivity contribution in [1.29, 1.82) is 0 Å². The summed E-state index contributed by atoms with van der Waals surface area (Å²) in [6.07, 6.45) is 0.908. The van der Waals surface area contributed by atoms with Gasteiger partial charge in [-0.15, -0.1) is 11.3 Å². The summed E-state index contributed by atoms with van der Waals surface area (Å²) in [6, 6.07) is 12.4. The molecule has 1 aliphatic rings. The summed E-state index contributed by atoms with van der Waals surface area (Å²) in [7, 11) is -2.00. The summed E-state index contributed by atoms with van der Waals surface area (Å²) < 4.78 is 30.3. The Morgan fingerprint density at radius 1 is 1.16 bits per heavy atom. The molecule has 0 saturated heterocycles. The molecule has 200 valence electrons. The van der Waals surface area contributed by atoms with Crippen LogP contribution in [-0.2, 0) is 16.3 Å². The van der Waals surface area contributed by atoms with Crippen LogP contribution in [0.25, 0.3) is 0 Å². The Labute approximate surface area is 231 Å². The van der Waals surface area contributed by atoms with E-state index < -0.39 is 21.0 Å². The number of rotatable bonds is 8. The van der Waals surface area contributed by atoms with E-state index in [1.807, 2.05) is 32.0 Å². The summed E-state index contributed by atoms with van der Waals surface area (Å²) in [5.74, 6) is 0.0926. The third kappa shape index (κ3) is 5.70. The third-order valence-corrected chi connectivity index (χ3v) is 10.2. The first-order valence-electron chi connectivity index (χ1n) is 12.0. The van der Waals surface area contributed by atoms with Gasteiger partial charge in [-0.3, -0.25) is 14.6 Å². The maximum Gasteiger partial charge on any atom is 0.267 e. The molecule has 10 heteroatoms. The van der Waals surface area contributed by atoms with Crippen molar-refractivity contribution in [3.8, 4) is 5.75 Å². The van der Waals surface area contributed by atoms with Crippen LogP contribution in [0.1, 0.15) is 65.3 Å². The molecular formula is C28H29ClN2O5S2. The highest BCUT2D eigenvalue weighted by atomic mass is 35.5. The van der Waals surface area contributed by atoms with E-state index in [1.54, 1.807) is 45.2 Å². The number of hydrogen-bond donors (Lipinski definition) is 1. The number of anilines is 1. The highest BCUT2D eigenvalue weighted by Crippen LogP contribution is 2.34. The van der Waals surface area contributed by atoms with E-state index in [1.165, 1.54) is 5.38 Å². The molecule has 1 aliphatic heterocycles. The van der Waals surface area contributed by atoms with Gasteiger partial charge in [0.25, 0.3) is 5.91 Å². The van der Waals surface area contributed by atoms with Crippen molar-refractivity contribution in [3.63, 3.8) is 0 Å². The second kappa shape index (κ2) is 10.6. The lowest BCUT2D eigenvalue weighted by Gasteiger charge is -2.29. The first-order chi connectivity index (χ1) is 17.8. The van der Waals surface area contributed by atoms with Crippen LogP contribution in [0.15, 0.2) is 57.7 Å². The summed E-state index contributed by atoms with van der Waals surface area (Å²) in [5.41, 5.74) is 3.39. The molecule has 0 unspecified atom stereocenters. The van der Waals surface area contributed by atoms with Crippen molar-refractivity contribution in [1.82, 2.24) is 0 Å². The number of ketones is 1. The van der Waals surface area contributed by atoms with Gasteiger partial charge < -0.3 is 10.1 Å². The van der Waals surface area contributed by atoms with Crippen molar-refractivity contribution >= 4 is 55.9 Å². The van der Waals surface area contributed by atoms with Crippen molar-refractivity contribution in [3.05, 3.63) is 74.4 Å². The minimum atomic E-state index is -3.61. The lowest BCUT2D eigenvalue weighted by Crippen LogP contribution is -2.30. The molecular weight excluding hydrogens is 544 g/mol. The van der Waals surface area contributed by atoms with E-state index in [4.69, 9.17) is 21.3 Å². The van der Waals surface area contributed by atoms with Crippen LogP contribution in [0.3, 0.4) is 0 Å². The number of fused-ring (bicyclic) bond motifs is 1. The van der Waals surface area contributed by atoms with Gasteiger partial charge in [-0.2, -0.15) is 0 Å². The molecule has 0 spiro atoms. The van der Waals surface area contributed by atoms with Crippen LogP contribution in [0.4, 0.5) is 5.69 Å². The fraction of sp³-hybridized carbons (Fsp3) is 0.321. The number of Topliss-reactive ketones (excluding diaryl/α,β-unsaturated/α-hetero) is 1. The van der Waals surface area contributed by atoms with Crippen LogP contribution in [-0.4, -0.2) is 43.7 Å². The topological polar surface area (TPSA) is 102 Å². The summed E-state index contributed by atoms with van der Waals surface area (Å²) in [6.45, 7) is 7.21. The zero-order valence-corrected chi connectivity index (χ0v) is 24.2. The minimum absolute atomic E-state index is 0.0433. The lowest BCUT2D eigenvalue weighted by molar-refractivity contribution is 0.0998. The largest absolute Gasteiger partial charge is 0.497 e. The molecule has 2 aromatic carbocycles. The van der Waals surface area contributed by atoms with E-state index in [0.29, 0.717) is 17.0 Å². The fourth-order valence-corrected chi connectivity index (χ4v) is 7.26. The van der Waals surface area contributed by atoms with E-state index in [-0.39, 0.29) is 32.5 Å². The van der Waals surface area contributed by atoms with Crippen LogP contribution >= 0.6 is 22.9 Å². The predicted octanol–water partition coefficient (Wildman–Crippen LogP) is 6.24. The van der Waals surface area contributed by atoms with Crippen LogP contribution in [0, 0.1) is 0 Å². The molecule has 4 rings (SSSR count). The van der Waals surface area contributed by atoms with E-state index in [9.17, 15) is 18.0 Å². The Hall–Kier alpha value is -3.01. The number of sulfone groups is 1.